The van der Waals surface area contributed by atoms with Gasteiger partial charge in [-0.2, -0.15) is 0 Å². The van der Waals surface area contributed by atoms with Crippen LogP contribution in [0.4, 0.5) is 5.69 Å². The number of sulfone groups is 1. The molecule has 1 amide bonds. The van der Waals surface area contributed by atoms with Gasteiger partial charge in [-0.3, -0.25) is 4.79 Å². The highest BCUT2D eigenvalue weighted by Crippen LogP contribution is 2.26. The third-order valence-corrected chi connectivity index (χ3v) is 5.07. The van der Waals surface area contributed by atoms with Gasteiger partial charge >= 0.3 is 0 Å². The van der Waals surface area contributed by atoms with Crippen molar-refractivity contribution in [2.45, 2.75) is 17.6 Å². The van der Waals surface area contributed by atoms with Crippen LogP contribution in [0.2, 0.25) is 0 Å². The quantitative estimate of drug-likeness (QED) is 0.589. The molecule has 0 aliphatic carbocycles. The van der Waals surface area contributed by atoms with Gasteiger partial charge in [0.1, 0.15) is 12.4 Å². The van der Waals surface area contributed by atoms with Crippen molar-refractivity contribution in [3.63, 3.8) is 0 Å². The molecule has 0 bridgehead atoms. The summed E-state index contributed by atoms with van der Waals surface area (Å²) in [5.41, 5.74) is 1.88. The average molecular weight is 345 g/mol. The first-order valence-electron chi connectivity index (χ1n) is 7.32. The van der Waals surface area contributed by atoms with Crippen LogP contribution >= 0.6 is 0 Å². The van der Waals surface area contributed by atoms with Crippen LogP contribution in [0.25, 0.3) is 0 Å². The van der Waals surface area contributed by atoms with E-state index in [1.54, 1.807) is 48.5 Å². The molecule has 6 heteroatoms. The molecule has 0 spiro atoms. The van der Waals surface area contributed by atoms with Crippen LogP contribution < -0.4 is 10.1 Å². The van der Waals surface area contributed by atoms with Crippen molar-refractivity contribution in [2.24, 2.45) is 0 Å². The Labute approximate surface area is 141 Å². The van der Waals surface area contributed by atoms with Gasteiger partial charge in [0.2, 0.25) is 6.41 Å². The molecule has 2 rings (SSSR count). The van der Waals surface area contributed by atoms with E-state index in [1.807, 2.05) is 6.92 Å². The predicted molar refractivity (Wildman–Crippen MR) is 93.9 cm³/mol. The van der Waals surface area contributed by atoms with Gasteiger partial charge in [-0.25, -0.2) is 8.42 Å². The Bertz CT molecular complexity index is 827. The molecule has 0 heterocycles. The largest absolute Gasteiger partial charge is 0.490 e. The standard InChI is InChI=1S/C18H19NO4S/c1-3-10-23-16-6-9-18(19-13-20)15(11-16)12-24(21,22)17-7-4-14(2)5-8-17/h3-9,11,13H,1,10,12H2,2H3,(H,19,20). The van der Waals surface area contributed by atoms with Gasteiger partial charge in [0.25, 0.3) is 0 Å². The summed E-state index contributed by atoms with van der Waals surface area (Å²) >= 11 is 0. The summed E-state index contributed by atoms with van der Waals surface area (Å²) in [6.07, 6.45) is 2.11. The zero-order valence-electron chi connectivity index (χ0n) is 13.4. The summed E-state index contributed by atoms with van der Waals surface area (Å²) in [5, 5.41) is 2.52. The minimum Gasteiger partial charge on any atom is -0.490 e. The maximum atomic E-state index is 12.6. The lowest BCUT2D eigenvalue weighted by Crippen LogP contribution is -2.08. The molecule has 0 fully saturated rings. The monoisotopic (exact) mass is 345 g/mol. The topological polar surface area (TPSA) is 72.5 Å². The van der Waals surface area contributed by atoms with Gasteiger partial charge < -0.3 is 10.1 Å². The van der Waals surface area contributed by atoms with Gasteiger partial charge in [0, 0.05) is 5.69 Å². The molecule has 0 atom stereocenters. The van der Waals surface area contributed by atoms with Crippen molar-refractivity contribution in [2.75, 3.05) is 11.9 Å². The number of amides is 1. The number of ether oxygens (including phenoxy) is 1. The third-order valence-electron chi connectivity index (χ3n) is 3.38. The Morgan fingerprint density at radius 2 is 1.88 bits per heavy atom. The van der Waals surface area contributed by atoms with E-state index in [1.165, 1.54) is 0 Å². The Hall–Kier alpha value is -2.60. The molecule has 0 saturated heterocycles. The van der Waals surface area contributed by atoms with Crippen LogP contribution in [-0.4, -0.2) is 21.4 Å². The number of anilines is 1. The Balaban J connectivity index is 2.35. The fourth-order valence-corrected chi connectivity index (χ4v) is 3.54. The second-order valence-electron chi connectivity index (χ2n) is 5.25. The SMILES string of the molecule is C=CCOc1ccc(NC=O)c(CS(=O)(=O)c2ccc(C)cc2)c1. The first-order valence-corrected chi connectivity index (χ1v) is 8.98. The fraction of sp³-hybridized carbons (Fsp3) is 0.167. The lowest BCUT2D eigenvalue weighted by atomic mass is 10.2. The number of carbonyl (C=O) groups excluding carboxylic acids is 1. The van der Waals surface area contributed by atoms with Gasteiger partial charge in [-0.1, -0.05) is 30.4 Å². The van der Waals surface area contributed by atoms with Gasteiger partial charge in [0.05, 0.1) is 10.6 Å². The van der Waals surface area contributed by atoms with Crippen molar-refractivity contribution < 1.29 is 17.9 Å². The molecular formula is C18H19NO4S. The highest BCUT2D eigenvalue weighted by atomic mass is 32.2. The summed E-state index contributed by atoms with van der Waals surface area (Å²) in [5.74, 6) is 0.276. The van der Waals surface area contributed by atoms with E-state index >= 15 is 0 Å². The van der Waals surface area contributed by atoms with Crippen LogP contribution in [0.1, 0.15) is 11.1 Å². The summed E-state index contributed by atoms with van der Waals surface area (Å²) < 4.78 is 30.7. The predicted octanol–water partition coefficient (Wildman–Crippen LogP) is 3.10. The van der Waals surface area contributed by atoms with Crippen molar-refractivity contribution in [3.8, 4) is 5.75 Å². The summed E-state index contributed by atoms with van der Waals surface area (Å²) in [6, 6.07) is 11.6. The van der Waals surface area contributed by atoms with E-state index in [2.05, 4.69) is 11.9 Å². The van der Waals surface area contributed by atoms with Crippen molar-refractivity contribution in [1.82, 2.24) is 0 Å². The molecule has 0 unspecified atom stereocenters. The molecule has 5 nitrogen and oxygen atoms in total. The zero-order chi connectivity index (χ0) is 17.6. The zero-order valence-corrected chi connectivity index (χ0v) is 14.2. The summed E-state index contributed by atoms with van der Waals surface area (Å²) in [7, 11) is -3.54. The Kier molecular flexibility index (Phi) is 5.76. The molecule has 0 radical (unpaired) electrons. The minimum atomic E-state index is -3.54. The normalized spacial score (nSPS) is 10.9. The van der Waals surface area contributed by atoms with Crippen LogP contribution in [0, 0.1) is 6.92 Å². The van der Waals surface area contributed by atoms with Crippen LogP contribution in [0.15, 0.2) is 60.0 Å². The van der Waals surface area contributed by atoms with Crippen molar-refractivity contribution >= 4 is 21.9 Å². The molecule has 126 valence electrons. The highest BCUT2D eigenvalue weighted by molar-refractivity contribution is 7.90. The fourth-order valence-electron chi connectivity index (χ4n) is 2.17. The molecule has 0 aliphatic heterocycles. The second kappa shape index (κ2) is 7.79. The minimum absolute atomic E-state index is 0.238. The number of rotatable bonds is 8. The van der Waals surface area contributed by atoms with E-state index in [0.29, 0.717) is 30.0 Å². The third kappa shape index (κ3) is 4.45. The van der Waals surface area contributed by atoms with E-state index < -0.39 is 9.84 Å². The lowest BCUT2D eigenvalue weighted by Gasteiger charge is -2.12. The number of hydrogen-bond acceptors (Lipinski definition) is 4. The molecule has 2 aromatic rings. The van der Waals surface area contributed by atoms with E-state index in [0.717, 1.165) is 5.56 Å². The van der Waals surface area contributed by atoms with Gasteiger partial charge in [-0.15, -0.1) is 0 Å². The van der Waals surface area contributed by atoms with Crippen LogP contribution in [0.3, 0.4) is 0 Å². The van der Waals surface area contributed by atoms with Gasteiger partial charge in [0.15, 0.2) is 9.84 Å². The molecule has 24 heavy (non-hydrogen) atoms. The second-order valence-corrected chi connectivity index (χ2v) is 7.24. The molecular weight excluding hydrogens is 326 g/mol. The highest BCUT2D eigenvalue weighted by Gasteiger charge is 2.18. The Morgan fingerprint density at radius 1 is 1.17 bits per heavy atom. The van der Waals surface area contributed by atoms with Gasteiger partial charge in [-0.05, 0) is 42.8 Å². The number of carbonyl (C=O) groups is 1. The molecule has 2 aromatic carbocycles. The first-order chi connectivity index (χ1) is 11.5. The van der Waals surface area contributed by atoms with Crippen molar-refractivity contribution in [1.29, 1.82) is 0 Å². The molecule has 0 saturated carbocycles. The summed E-state index contributed by atoms with van der Waals surface area (Å²) in [6.45, 7) is 5.77. The summed E-state index contributed by atoms with van der Waals surface area (Å²) in [4.78, 5) is 11.0. The van der Waals surface area contributed by atoms with Crippen molar-refractivity contribution in [3.05, 3.63) is 66.2 Å². The lowest BCUT2D eigenvalue weighted by molar-refractivity contribution is -0.105. The van der Waals surface area contributed by atoms with Crippen LogP contribution in [0.5, 0.6) is 5.75 Å². The van der Waals surface area contributed by atoms with E-state index in [4.69, 9.17) is 4.74 Å². The first kappa shape index (κ1) is 17.7. The Morgan fingerprint density at radius 3 is 2.50 bits per heavy atom. The smallest absolute Gasteiger partial charge is 0.211 e. The number of nitrogens with one attached hydrogen (secondary N) is 1. The number of hydrogen-bond donors (Lipinski definition) is 1. The van der Waals surface area contributed by atoms with Crippen LogP contribution in [-0.2, 0) is 20.4 Å². The van der Waals surface area contributed by atoms with E-state index in [-0.39, 0.29) is 10.6 Å². The molecule has 1 N–H and O–H groups in total. The maximum Gasteiger partial charge on any atom is 0.211 e. The van der Waals surface area contributed by atoms with E-state index in [9.17, 15) is 13.2 Å². The molecule has 0 aliphatic rings. The maximum absolute atomic E-state index is 12.6. The number of benzene rings is 2. The average Bonchev–Trinajstić information content (AvgIpc) is 2.55. The number of aryl methyl sites for hydroxylation is 1. The molecule has 0 aromatic heterocycles.